The van der Waals surface area contributed by atoms with Crippen LogP contribution in [0.1, 0.15) is 52.7 Å². The Morgan fingerprint density at radius 3 is 1.54 bits per heavy atom. The summed E-state index contributed by atoms with van der Waals surface area (Å²) in [5.74, 6) is 1.45. The molecule has 0 aromatic heterocycles. The van der Waals surface area contributed by atoms with E-state index in [0.29, 0.717) is 13.2 Å². The van der Waals surface area contributed by atoms with Crippen molar-refractivity contribution < 1.29 is 9.47 Å². The number of benzene rings is 1. The summed E-state index contributed by atoms with van der Waals surface area (Å²) in [5.41, 5.74) is 2.20. The van der Waals surface area contributed by atoms with Crippen molar-refractivity contribution in [2.24, 2.45) is 20.8 Å². The predicted molar refractivity (Wildman–Crippen MR) is 97.9 cm³/mol. The topological polar surface area (TPSA) is 43.2 Å². The van der Waals surface area contributed by atoms with Crippen molar-refractivity contribution in [3.8, 4) is 0 Å². The second-order valence-electron chi connectivity index (χ2n) is 8.83. The molecule has 1 aromatic rings. The molecule has 0 spiro atoms. The first-order valence-electron chi connectivity index (χ1n) is 8.66. The van der Waals surface area contributed by atoms with Crippen LogP contribution in [-0.4, -0.2) is 37.1 Å². The van der Waals surface area contributed by atoms with Gasteiger partial charge in [-0.1, -0.05) is 47.6 Å². The maximum Gasteiger partial charge on any atom is 0.216 e. The lowest BCUT2D eigenvalue weighted by molar-refractivity contribution is 0.236. The van der Waals surface area contributed by atoms with Crippen molar-refractivity contribution in [2.45, 2.75) is 53.6 Å². The molecule has 0 bridgehead atoms. The van der Waals surface area contributed by atoms with Gasteiger partial charge in [0, 0.05) is 11.1 Å². The van der Waals surface area contributed by atoms with Crippen LogP contribution in [-0.2, 0) is 9.47 Å². The van der Waals surface area contributed by atoms with Gasteiger partial charge in [-0.15, -0.1) is 0 Å². The van der Waals surface area contributed by atoms with Crippen molar-refractivity contribution >= 4 is 11.8 Å². The molecule has 3 rings (SSSR count). The van der Waals surface area contributed by atoms with Gasteiger partial charge in [0.05, 0.1) is 12.1 Å². The second-order valence-corrected chi connectivity index (χ2v) is 8.83. The molecule has 4 nitrogen and oxygen atoms in total. The normalized spacial score (nSPS) is 24.2. The lowest BCUT2D eigenvalue weighted by Gasteiger charge is -2.21. The summed E-state index contributed by atoms with van der Waals surface area (Å²) in [6.45, 7) is 14.4. The van der Waals surface area contributed by atoms with E-state index in [-0.39, 0.29) is 22.9 Å². The van der Waals surface area contributed by atoms with E-state index < -0.39 is 0 Å². The molecule has 0 saturated heterocycles. The molecule has 0 fully saturated rings. The Kier molecular flexibility index (Phi) is 4.18. The molecule has 130 valence electrons. The molecule has 24 heavy (non-hydrogen) atoms. The first-order valence-corrected chi connectivity index (χ1v) is 8.66. The Bertz CT molecular complexity index is 622. The molecule has 0 amide bonds. The Balaban J connectivity index is 1.84. The highest BCUT2D eigenvalue weighted by Crippen LogP contribution is 2.29. The molecule has 2 aliphatic heterocycles. The van der Waals surface area contributed by atoms with E-state index in [1.54, 1.807) is 0 Å². The fraction of sp³-hybridized carbons (Fsp3) is 0.600. The molecule has 0 aliphatic carbocycles. The first kappa shape index (κ1) is 17.0. The standard InChI is InChI=1S/C20H28N2O2/c1-19(2,3)15-11-23-17(21-15)13-8-7-9-14(10-13)18-22-16(12-24-18)20(4,5)6/h7-10,15-16H,11-12H2,1-6H3. The fourth-order valence-corrected chi connectivity index (χ4v) is 2.74. The zero-order valence-corrected chi connectivity index (χ0v) is 15.6. The van der Waals surface area contributed by atoms with Crippen LogP contribution in [0, 0.1) is 10.8 Å². The van der Waals surface area contributed by atoms with Gasteiger partial charge in [-0.25, -0.2) is 9.98 Å². The Hall–Kier alpha value is -1.84. The second kappa shape index (κ2) is 5.91. The molecule has 2 atom stereocenters. The summed E-state index contributed by atoms with van der Waals surface area (Å²) < 4.78 is 11.7. The maximum atomic E-state index is 5.84. The minimum Gasteiger partial charge on any atom is -0.475 e. The zero-order chi connectivity index (χ0) is 17.5. The minimum atomic E-state index is 0.109. The molecular weight excluding hydrogens is 300 g/mol. The summed E-state index contributed by atoms with van der Waals surface area (Å²) in [5, 5.41) is 0. The lowest BCUT2D eigenvalue weighted by atomic mass is 9.88. The molecular formula is C20H28N2O2. The monoisotopic (exact) mass is 328 g/mol. The number of hydrogen-bond donors (Lipinski definition) is 0. The maximum absolute atomic E-state index is 5.84. The van der Waals surface area contributed by atoms with Crippen LogP contribution >= 0.6 is 0 Å². The highest BCUT2D eigenvalue weighted by molar-refractivity contribution is 6.00. The quantitative estimate of drug-likeness (QED) is 0.821. The predicted octanol–water partition coefficient (Wildman–Crippen LogP) is 4.07. The van der Waals surface area contributed by atoms with Gasteiger partial charge in [-0.3, -0.25) is 0 Å². The molecule has 2 aliphatic rings. The van der Waals surface area contributed by atoms with E-state index in [2.05, 4.69) is 47.6 Å². The van der Waals surface area contributed by atoms with Crippen LogP contribution in [0.2, 0.25) is 0 Å². The number of rotatable bonds is 2. The van der Waals surface area contributed by atoms with Gasteiger partial charge in [0.15, 0.2) is 0 Å². The van der Waals surface area contributed by atoms with E-state index in [4.69, 9.17) is 19.5 Å². The third-order valence-corrected chi connectivity index (χ3v) is 4.66. The van der Waals surface area contributed by atoms with Gasteiger partial charge in [-0.2, -0.15) is 0 Å². The summed E-state index contributed by atoms with van der Waals surface area (Å²) in [6, 6.07) is 8.53. The van der Waals surface area contributed by atoms with Gasteiger partial charge in [0.1, 0.15) is 13.2 Å². The molecule has 4 heteroatoms. The van der Waals surface area contributed by atoms with E-state index in [1.165, 1.54) is 0 Å². The highest BCUT2D eigenvalue weighted by atomic mass is 16.5. The number of aliphatic imine (C=N–C) groups is 2. The smallest absolute Gasteiger partial charge is 0.216 e. The molecule has 1 aromatic carbocycles. The van der Waals surface area contributed by atoms with Crippen molar-refractivity contribution in [2.75, 3.05) is 13.2 Å². The van der Waals surface area contributed by atoms with Crippen molar-refractivity contribution in [3.05, 3.63) is 35.4 Å². The third-order valence-electron chi connectivity index (χ3n) is 4.66. The van der Waals surface area contributed by atoms with Gasteiger partial charge in [0.25, 0.3) is 0 Å². The van der Waals surface area contributed by atoms with Gasteiger partial charge in [0.2, 0.25) is 11.8 Å². The molecule has 0 N–H and O–H groups in total. The van der Waals surface area contributed by atoms with E-state index in [9.17, 15) is 0 Å². The van der Waals surface area contributed by atoms with Crippen LogP contribution in [0.4, 0.5) is 0 Å². The summed E-state index contributed by atoms with van der Waals surface area (Å²) in [7, 11) is 0. The van der Waals surface area contributed by atoms with Gasteiger partial charge in [-0.05, 0) is 29.0 Å². The SMILES string of the molecule is CC(C)(C)C1COC(c2cccc(C3=NC(C(C)(C)C)CO3)c2)=N1. The average Bonchev–Trinajstić information content (AvgIpc) is 3.16. The Labute approximate surface area is 145 Å². The van der Waals surface area contributed by atoms with Crippen LogP contribution < -0.4 is 0 Å². The van der Waals surface area contributed by atoms with Crippen molar-refractivity contribution in [1.82, 2.24) is 0 Å². The Morgan fingerprint density at radius 1 is 0.792 bits per heavy atom. The number of hydrogen-bond acceptors (Lipinski definition) is 4. The molecule has 2 unspecified atom stereocenters. The number of nitrogens with zero attached hydrogens (tertiary/aromatic N) is 2. The molecule has 0 radical (unpaired) electrons. The average molecular weight is 328 g/mol. The van der Waals surface area contributed by atoms with Crippen LogP contribution in [0.25, 0.3) is 0 Å². The van der Waals surface area contributed by atoms with E-state index >= 15 is 0 Å². The molecule has 0 saturated carbocycles. The van der Waals surface area contributed by atoms with Crippen LogP contribution in [0.15, 0.2) is 34.3 Å². The number of ether oxygens (including phenoxy) is 2. The van der Waals surface area contributed by atoms with Gasteiger partial charge >= 0.3 is 0 Å². The fourth-order valence-electron chi connectivity index (χ4n) is 2.74. The van der Waals surface area contributed by atoms with Crippen LogP contribution in [0.5, 0.6) is 0 Å². The van der Waals surface area contributed by atoms with Crippen molar-refractivity contribution in [3.63, 3.8) is 0 Å². The van der Waals surface area contributed by atoms with E-state index in [0.717, 1.165) is 22.9 Å². The highest BCUT2D eigenvalue weighted by Gasteiger charge is 2.32. The third kappa shape index (κ3) is 3.47. The summed E-state index contributed by atoms with van der Waals surface area (Å²) in [6.07, 6.45) is 0. The van der Waals surface area contributed by atoms with Crippen LogP contribution in [0.3, 0.4) is 0 Å². The van der Waals surface area contributed by atoms with E-state index in [1.807, 2.05) is 18.2 Å². The summed E-state index contributed by atoms with van der Waals surface area (Å²) >= 11 is 0. The summed E-state index contributed by atoms with van der Waals surface area (Å²) in [4.78, 5) is 9.53. The largest absolute Gasteiger partial charge is 0.475 e. The molecule has 2 heterocycles. The zero-order valence-electron chi connectivity index (χ0n) is 15.6. The van der Waals surface area contributed by atoms with Gasteiger partial charge < -0.3 is 9.47 Å². The minimum absolute atomic E-state index is 0.109. The first-order chi connectivity index (χ1) is 11.1. The van der Waals surface area contributed by atoms with Crippen molar-refractivity contribution in [1.29, 1.82) is 0 Å². The Morgan fingerprint density at radius 2 is 1.21 bits per heavy atom. The lowest BCUT2D eigenvalue weighted by Crippen LogP contribution is -2.25.